The third kappa shape index (κ3) is 3.46. The number of nitrogens with zero attached hydrogens (tertiary/aromatic N) is 3. The lowest BCUT2D eigenvalue weighted by Crippen LogP contribution is -2.54. The van der Waals surface area contributed by atoms with Crippen LogP contribution < -0.4 is 5.32 Å². The first-order chi connectivity index (χ1) is 11.0. The molecular weight excluding hydrogens is 292 g/mol. The number of urea groups is 1. The van der Waals surface area contributed by atoms with E-state index in [-0.39, 0.29) is 23.4 Å². The minimum absolute atomic E-state index is 0.0362. The van der Waals surface area contributed by atoms with Crippen molar-refractivity contribution in [2.24, 2.45) is 5.41 Å². The van der Waals surface area contributed by atoms with Crippen molar-refractivity contribution in [1.82, 2.24) is 20.1 Å². The van der Waals surface area contributed by atoms with Gasteiger partial charge in [0.2, 0.25) is 5.91 Å². The zero-order chi connectivity index (χ0) is 16.4. The molecule has 0 aromatic carbocycles. The van der Waals surface area contributed by atoms with Gasteiger partial charge in [-0.25, -0.2) is 4.79 Å². The van der Waals surface area contributed by atoms with E-state index in [1.54, 1.807) is 25.2 Å². The monoisotopic (exact) mass is 316 g/mol. The molecule has 1 aromatic heterocycles. The Labute approximate surface area is 136 Å². The molecule has 1 aromatic rings. The maximum atomic E-state index is 12.4. The molecule has 3 rings (SSSR count). The summed E-state index contributed by atoms with van der Waals surface area (Å²) < 4.78 is 0. The van der Waals surface area contributed by atoms with Gasteiger partial charge in [0.15, 0.2) is 0 Å². The van der Waals surface area contributed by atoms with Gasteiger partial charge in [0.25, 0.3) is 0 Å². The summed E-state index contributed by atoms with van der Waals surface area (Å²) >= 11 is 0. The van der Waals surface area contributed by atoms with Crippen LogP contribution in [-0.2, 0) is 11.2 Å². The Bertz CT molecular complexity index is 582. The molecular formula is C17H24N4O2. The maximum Gasteiger partial charge on any atom is 0.317 e. The molecule has 1 saturated carbocycles. The molecule has 1 aliphatic carbocycles. The lowest BCUT2D eigenvalue weighted by atomic mass is 9.65. The summed E-state index contributed by atoms with van der Waals surface area (Å²) in [5, 5.41) is 3.02. The van der Waals surface area contributed by atoms with Crippen LogP contribution in [0.1, 0.15) is 25.0 Å². The minimum Gasteiger partial charge on any atom is -0.342 e. The number of amides is 3. The predicted octanol–water partition coefficient (Wildman–Crippen LogP) is 1.28. The van der Waals surface area contributed by atoms with Gasteiger partial charge in [0.1, 0.15) is 0 Å². The van der Waals surface area contributed by atoms with Gasteiger partial charge in [-0.05, 0) is 36.8 Å². The van der Waals surface area contributed by atoms with Crippen molar-refractivity contribution >= 4 is 11.9 Å². The average Bonchev–Trinajstić information content (AvgIpc) is 2.93. The average molecular weight is 316 g/mol. The largest absolute Gasteiger partial charge is 0.342 e. The summed E-state index contributed by atoms with van der Waals surface area (Å²) in [4.78, 5) is 31.8. The number of nitrogens with one attached hydrogen (secondary N) is 1. The Morgan fingerprint density at radius 2 is 2.17 bits per heavy atom. The van der Waals surface area contributed by atoms with Gasteiger partial charge >= 0.3 is 6.03 Å². The fourth-order valence-corrected chi connectivity index (χ4v) is 3.64. The molecule has 23 heavy (non-hydrogen) atoms. The van der Waals surface area contributed by atoms with E-state index in [1.807, 2.05) is 23.1 Å². The van der Waals surface area contributed by atoms with Crippen molar-refractivity contribution < 1.29 is 9.59 Å². The number of likely N-dealkylation sites (tertiary alicyclic amines) is 1. The van der Waals surface area contributed by atoms with E-state index >= 15 is 0 Å². The summed E-state index contributed by atoms with van der Waals surface area (Å²) in [5.41, 5.74) is 1.03. The van der Waals surface area contributed by atoms with Gasteiger partial charge < -0.3 is 15.1 Å². The second-order valence-corrected chi connectivity index (χ2v) is 7.01. The molecule has 1 N–H and O–H groups in total. The molecule has 3 amide bonds. The minimum atomic E-state index is -0.0362. The summed E-state index contributed by atoms with van der Waals surface area (Å²) in [7, 11) is 3.49. The Kier molecular flexibility index (Phi) is 4.24. The quantitative estimate of drug-likeness (QED) is 0.913. The first-order valence-electron chi connectivity index (χ1n) is 8.13. The molecule has 0 radical (unpaired) electrons. The normalized spacial score (nSPS) is 26.0. The van der Waals surface area contributed by atoms with Gasteiger partial charge in [-0.15, -0.1) is 0 Å². The molecule has 0 bridgehead atoms. The predicted molar refractivity (Wildman–Crippen MR) is 86.8 cm³/mol. The number of rotatable bonds is 3. The van der Waals surface area contributed by atoms with Crippen molar-refractivity contribution in [3.63, 3.8) is 0 Å². The van der Waals surface area contributed by atoms with Crippen LogP contribution in [0.4, 0.5) is 4.79 Å². The fourth-order valence-electron chi connectivity index (χ4n) is 3.64. The smallest absolute Gasteiger partial charge is 0.317 e. The number of hydrogen-bond acceptors (Lipinski definition) is 3. The maximum absolute atomic E-state index is 12.4. The Morgan fingerprint density at radius 3 is 2.83 bits per heavy atom. The first-order valence-corrected chi connectivity index (χ1v) is 8.13. The number of carbonyl (C=O) groups excluding carboxylic acids is 2. The van der Waals surface area contributed by atoms with Crippen molar-refractivity contribution in [3.05, 3.63) is 30.1 Å². The van der Waals surface area contributed by atoms with Crippen LogP contribution in [0.2, 0.25) is 0 Å². The number of aromatic nitrogens is 1. The molecule has 0 atom stereocenters. The molecule has 2 heterocycles. The Balaban J connectivity index is 1.48. The van der Waals surface area contributed by atoms with E-state index in [1.165, 1.54) is 0 Å². The van der Waals surface area contributed by atoms with Gasteiger partial charge in [-0.2, -0.15) is 0 Å². The van der Waals surface area contributed by atoms with Gasteiger partial charge in [0.05, 0.1) is 6.42 Å². The summed E-state index contributed by atoms with van der Waals surface area (Å²) in [6.45, 7) is 1.63. The highest BCUT2D eigenvalue weighted by Gasteiger charge is 2.49. The van der Waals surface area contributed by atoms with Gasteiger partial charge in [-0.3, -0.25) is 9.78 Å². The fraction of sp³-hybridized carbons (Fsp3) is 0.588. The van der Waals surface area contributed by atoms with Crippen LogP contribution in [0.5, 0.6) is 0 Å². The summed E-state index contributed by atoms with van der Waals surface area (Å²) in [5.74, 6) is 0.154. The summed E-state index contributed by atoms with van der Waals surface area (Å²) in [6, 6.07) is 5.86. The molecule has 2 fully saturated rings. The molecule has 124 valence electrons. The topological polar surface area (TPSA) is 65.5 Å². The standard InChI is InChI=1S/C17H24N4O2/c1-20(2)16(23)19-14-10-17(11-14)6-8-21(12-17)15(22)9-13-5-3-4-7-18-13/h3-5,7,14H,6,8-12H2,1-2H3,(H,19,23). The molecule has 0 unspecified atom stereocenters. The third-order valence-corrected chi connectivity index (χ3v) is 4.94. The second-order valence-electron chi connectivity index (χ2n) is 7.01. The van der Waals surface area contributed by atoms with Crippen LogP contribution in [0.25, 0.3) is 0 Å². The highest BCUT2D eigenvalue weighted by atomic mass is 16.2. The highest BCUT2D eigenvalue weighted by molar-refractivity contribution is 5.78. The molecule has 6 heteroatoms. The SMILES string of the molecule is CN(C)C(=O)NC1CC2(CCN(C(=O)Cc3ccccn3)C2)C1. The highest BCUT2D eigenvalue weighted by Crippen LogP contribution is 2.48. The second kappa shape index (κ2) is 6.18. The van der Waals surface area contributed by atoms with Gasteiger partial charge in [-0.1, -0.05) is 6.07 Å². The Morgan fingerprint density at radius 1 is 1.39 bits per heavy atom. The van der Waals surface area contributed by atoms with Crippen LogP contribution in [0, 0.1) is 5.41 Å². The lowest BCUT2D eigenvalue weighted by molar-refractivity contribution is -0.130. The van der Waals surface area contributed by atoms with E-state index in [4.69, 9.17) is 0 Å². The lowest BCUT2D eigenvalue weighted by Gasteiger charge is -2.45. The third-order valence-electron chi connectivity index (χ3n) is 4.94. The zero-order valence-corrected chi connectivity index (χ0v) is 13.8. The first kappa shape index (κ1) is 15.8. The number of pyridine rings is 1. The van der Waals surface area contributed by atoms with E-state index in [9.17, 15) is 9.59 Å². The van der Waals surface area contributed by atoms with Gasteiger partial charge in [0, 0.05) is 45.1 Å². The van der Waals surface area contributed by atoms with Crippen LogP contribution in [-0.4, -0.2) is 59.9 Å². The van der Waals surface area contributed by atoms with Crippen LogP contribution in [0.3, 0.4) is 0 Å². The van der Waals surface area contributed by atoms with E-state index in [0.717, 1.165) is 38.0 Å². The summed E-state index contributed by atoms with van der Waals surface area (Å²) in [6.07, 6.45) is 5.07. The zero-order valence-electron chi connectivity index (χ0n) is 13.8. The van der Waals surface area contributed by atoms with E-state index in [2.05, 4.69) is 10.3 Å². The molecule has 1 saturated heterocycles. The van der Waals surface area contributed by atoms with Crippen LogP contribution >= 0.6 is 0 Å². The Hall–Kier alpha value is -2.11. The number of hydrogen-bond donors (Lipinski definition) is 1. The molecule has 6 nitrogen and oxygen atoms in total. The number of carbonyl (C=O) groups is 2. The van der Waals surface area contributed by atoms with Crippen LogP contribution in [0.15, 0.2) is 24.4 Å². The van der Waals surface area contributed by atoms with Crippen molar-refractivity contribution in [2.45, 2.75) is 31.7 Å². The van der Waals surface area contributed by atoms with Crippen molar-refractivity contribution in [3.8, 4) is 0 Å². The molecule has 2 aliphatic rings. The molecule has 1 aliphatic heterocycles. The van der Waals surface area contributed by atoms with Crippen molar-refractivity contribution in [2.75, 3.05) is 27.2 Å². The molecule has 1 spiro atoms. The van der Waals surface area contributed by atoms with E-state index in [0.29, 0.717) is 6.42 Å². The van der Waals surface area contributed by atoms with E-state index < -0.39 is 0 Å². The van der Waals surface area contributed by atoms with Crippen molar-refractivity contribution in [1.29, 1.82) is 0 Å².